The average molecular weight is 377 g/mol. The molecule has 2 rings (SSSR count). The molecule has 4 nitrogen and oxygen atoms in total. The largest absolute Gasteiger partial charge is 0.338 e. The molecule has 1 N–H and O–H groups in total. The summed E-state index contributed by atoms with van der Waals surface area (Å²) in [4.78, 5) is 24.8. The Balaban J connectivity index is 1.99. The highest BCUT2D eigenvalue weighted by molar-refractivity contribution is 6.42. The van der Waals surface area contributed by atoms with E-state index in [9.17, 15) is 9.59 Å². The molecule has 2 amide bonds. The second-order valence-corrected chi connectivity index (χ2v) is 6.33. The first-order chi connectivity index (χ1) is 11.9. The van der Waals surface area contributed by atoms with Gasteiger partial charge >= 0.3 is 0 Å². The van der Waals surface area contributed by atoms with Crippen molar-refractivity contribution in [3.05, 3.63) is 69.7 Å². The van der Waals surface area contributed by atoms with Crippen LogP contribution in [0.25, 0.3) is 6.08 Å². The van der Waals surface area contributed by atoms with Crippen molar-refractivity contribution in [3.63, 3.8) is 0 Å². The van der Waals surface area contributed by atoms with Crippen molar-refractivity contribution >= 4 is 46.8 Å². The molecule has 0 bridgehead atoms. The van der Waals surface area contributed by atoms with E-state index in [1.165, 1.54) is 13.0 Å². The highest BCUT2D eigenvalue weighted by Crippen LogP contribution is 2.26. The molecule has 0 heterocycles. The lowest BCUT2D eigenvalue weighted by molar-refractivity contribution is -0.125. The third-order valence-electron chi connectivity index (χ3n) is 3.46. The molecule has 0 saturated heterocycles. The van der Waals surface area contributed by atoms with E-state index in [1.54, 1.807) is 42.3 Å². The van der Waals surface area contributed by atoms with Gasteiger partial charge in [0.15, 0.2) is 0 Å². The van der Waals surface area contributed by atoms with Crippen molar-refractivity contribution < 1.29 is 9.59 Å². The zero-order chi connectivity index (χ0) is 18.4. The molecule has 0 aromatic heterocycles. The Morgan fingerprint density at radius 2 is 1.80 bits per heavy atom. The van der Waals surface area contributed by atoms with Crippen LogP contribution in [0, 0.1) is 0 Å². The summed E-state index contributed by atoms with van der Waals surface area (Å²) in [6, 6.07) is 12.5. The topological polar surface area (TPSA) is 49.4 Å². The fraction of sp³-hybridized carbons (Fsp3) is 0.158. The molecule has 130 valence electrons. The van der Waals surface area contributed by atoms with Gasteiger partial charge in [-0.15, -0.1) is 0 Å². The van der Waals surface area contributed by atoms with Crippen molar-refractivity contribution in [2.24, 2.45) is 0 Å². The number of rotatable bonds is 5. The van der Waals surface area contributed by atoms with Crippen LogP contribution in [0.1, 0.15) is 18.1 Å². The smallest absolute Gasteiger partial charge is 0.246 e. The van der Waals surface area contributed by atoms with Crippen LogP contribution in [0.5, 0.6) is 0 Å². The molecule has 0 fully saturated rings. The molecule has 0 aliphatic carbocycles. The van der Waals surface area contributed by atoms with E-state index >= 15 is 0 Å². The molecular formula is C19H18Cl2N2O2. The minimum Gasteiger partial charge on any atom is -0.338 e. The summed E-state index contributed by atoms with van der Waals surface area (Å²) in [6.07, 6.45) is 3.21. The maximum absolute atomic E-state index is 12.2. The molecule has 0 unspecified atom stereocenters. The first-order valence-electron chi connectivity index (χ1n) is 7.60. The van der Waals surface area contributed by atoms with Crippen LogP contribution in [-0.2, 0) is 16.1 Å². The minimum absolute atomic E-state index is 0.125. The first kappa shape index (κ1) is 19.0. The van der Waals surface area contributed by atoms with Crippen molar-refractivity contribution in [2.45, 2.75) is 13.5 Å². The van der Waals surface area contributed by atoms with Crippen LogP contribution in [0.3, 0.4) is 0 Å². The Labute approximate surface area is 157 Å². The number of halogens is 2. The molecule has 6 heteroatoms. The number of carbonyl (C=O) groups excluding carboxylic acids is 2. The zero-order valence-electron chi connectivity index (χ0n) is 13.9. The Morgan fingerprint density at radius 1 is 1.12 bits per heavy atom. The van der Waals surface area contributed by atoms with Crippen LogP contribution in [0.15, 0.2) is 48.5 Å². The second kappa shape index (κ2) is 8.70. The average Bonchev–Trinajstić information content (AvgIpc) is 2.57. The van der Waals surface area contributed by atoms with Gasteiger partial charge in [0.05, 0.1) is 10.0 Å². The van der Waals surface area contributed by atoms with E-state index in [4.69, 9.17) is 23.2 Å². The van der Waals surface area contributed by atoms with Crippen molar-refractivity contribution in [1.82, 2.24) is 4.90 Å². The van der Waals surface area contributed by atoms with Crippen LogP contribution >= 0.6 is 23.2 Å². The fourth-order valence-electron chi connectivity index (χ4n) is 2.18. The highest BCUT2D eigenvalue weighted by atomic mass is 35.5. The summed E-state index contributed by atoms with van der Waals surface area (Å²) >= 11 is 12.1. The third kappa shape index (κ3) is 5.62. The zero-order valence-corrected chi connectivity index (χ0v) is 15.4. The molecule has 25 heavy (non-hydrogen) atoms. The van der Waals surface area contributed by atoms with Crippen LogP contribution in [-0.4, -0.2) is 23.8 Å². The Kier molecular flexibility index (Phi) is 6.62. The van der Waals surface area contributed by atoms with Gasteiger partial charge in [0.1, 0.15) is 0 Å². The molecule has 0 radical (unpaired) electrons. The SMILES string of the molecule is CC(=O)Nc1ccc(/C=C/C(=O)N(C)Cc2cccc(Cl)c2Cl)cc1. The number of amides is 2. The van der Waals surface area contributed by atoms with Gasteiger partial charge in [0, 0.05) is 32.3 Å². The molecule has 0 atom stereocenters. The molecular weight excluding hydrogens is 359 g/mol. The maximum Gasteiger partial charge on any atom is 0.246 e. The quantitative estimate of drug-likeness (QED) is 0.773. The molecule has 0 aliphatic rings. The number of nitrogens with zero attached hydrogens (tertiary/aromatic N) is 1. The lowest BCUT2D eigenvalue weighted by Crippen LogP contribution is -2.24. The molecule has 2 aromatic rings. The van der Waals surface area contributed by atoms with Crippen LogP contribution in [0.2, 0.25) is 10.0 Å². The Bertz CT molecular complexity index is 802. The van der Waals surface area contributed by atoms with Gasteiger partial charge in [-0.3, -0.25) is 9.59 Å². The fourth-order valence-corrected chi connectivity index (χ4v) is 2.56. The summed E-state index contributed by atoms with van der Waals surface area (Å²) in [5.74, 6) is -0.276. The predicted molar refractivity (Wildman–Crippen MR) is 103 cm³/mol. The molecule has 0 spiro atoms. The summed E-state index contributed by atoms with van der Waals surface area (Å²) < 4.78 is 0. The van der Waals surface area contributed by atoms with Gasteiger partial charge in [0.25, 0.3) is 0 Å². The Hall–Kier alpha value is -2.30. The number of hydrogen-bond donors (Lipinski definition) is 1. The minimum atomic E-state index is -0.151. The van der Waals surface area contributed by atoms with Gasteiger partial charge in [-0.2, -0.15) is 0 Å². The van der Waals surface area contributed by atoms with Crippen molar-refractivity contribution in [2.75, 3.05) is 12.4 Å². The van der Waals surface area contributed by atoms with Gasteiger partial charge in [0.2, 0.25) is 11.8 Å². The number of benzene rings is 2. The van der Waals surface area contributed by atoms with Crippen molar-refractivity contribution in [3.8, 4) is 0 Å². The molecule has 2 aromatic carbocycles. The number of likely N-dealkylation sites (N-methyl/N-ethyl adjacent to an activating group) is 1. The van der Waals surface area contributed by atoms with Crippen molar-refractivity contribution in [1.29, 1.82) is 0 Å². The predicted octanol–water partition coefficient (Wildman–Crippen LogP) is 4.62. The van der Waals surface area contributed by atoms with Gasteiger partial charge in [-0.25, -0.2) is 0 Å². The van der Waals surface area contributed by atoms with Crippen LogP contribution in [0.4, 0.5) is 5.69 Å². The first-order valence-corrected chi connectivity index (χ1v) is 8.36. The van der Waals surface area contributed by atoms with E-state index in [2.05, 4.69) is 5.32 Å². The summed E-state index contributed by atoms with van der Waals surface area (Å²) in [7, 11) is 1.70. The summed E-state index contributed by atoms with van der Waals surface area (Å²) in [6.45, 7) is 1.82. The van der Waals surface area contributed by atoms with Gasteiger partial charge < -0.3 is 10.2 Å². The number of anilines is 1. The highest BCUT2D eigenvalue weighted by Gasteiger charge is 2.10. The lowest BCUT2D eigenvalue weighted by Gasteiger charge is -2.16. The van der Waals surface area contributed by atoms with Gasteiger partial charge in [-0.05, 0) is 35.4 Å². The van der Waals surface area contributed by atoms with E-state index < -0.39 is 0 Å². The normalized spacial score (nSPS) is 10.7. The standard InChI is InChI=1S/C19H18Cl2N2O2/c1-13(24)22-16-9-6-14(7-10-16)8-11-18(25)23(2)12-15-4-3-5-17(20)19(15)21/h3-11H,12H2,1-2H3,(H,22,24)/b11-8+. The van der Waals surface area contributed by atoms with E-state index in [-0.39, 0.29) is 11.8 Å². The third-order valence-corrected chi connectivity index (χ3v) is 4.32. The molecule has 0 saturated carbocycles. The summed E-state index contributed by atoms with van der Waals surface area (Å²) in [5, 5.41) is 3.62. The maximum atomic E-state index is 12.2. The van der Waals surface area contributed by atoms with Gasteiger partial charge in [-0.1, -0.05) is 47.5 Å². The Morgan fingerprint density at radius 3 is 2.44 bits per heavy atom. The second-order valence-electron chi connectivity index (χ2n) is 5.54. The summed E-state index contributed by atoms with van der Waals surface area (Å²) in [5.41, 5.74) is 2.36. The van der Waals surface area contributed by atoms with E-state index in [0.717, 1.165) is 11.1 Å². The molecule has 0 aliphatic heterocycles. The lowest BCUT2D eigenvalue weighted by atomic mass is 10.2. The number of nitrogens with one attached hydrogen (secondary N) is 1. The van der Waals surface area contributed by atoms with Crippen LogP contribution < -0.4 is 5.32 Å². The number of hydrogen-bond acceptors (Lipinski definition) is 2. The number of carbonyl (C=O) groups is 2. The van der Waals surface area contributed by atoms with E-state index in [1.807, 2.05) is 18.2 Å². The monoisotopic (exact) mass is 376 g/mol. The van der Waals surface area contributed by atoms with E-state index in [0.29, 0.717) is 22.3 Å².